The third-order valence-corrected chi connectivity index (χ3v) is 1.02. The number of aromatic nitrogens is 3. The molecule has 0 bridgehead atoms. The van der Waals surface area contributed by atoms with Gasteiger partial charge in [0.05, 0.1) is 6.61 Å². The molecule has 0 fully saturated rings. The van der Waals surface area contributed by atoms with Crippen LogP contribution < -0.4 is 0 Å². The van der Waals surface area contributed by atoms with Gasteiger partial charge in [0.2, 0.25) is 5.28 Å². The van der Waals surface area contributed by atoms with Crippen molar-refractivity contribution in [1.29, 1.82) is 0 Å². The SMILES string of the molecule is OCCc1nc(Cl)n[nH]1. The molecule has 0 spiro atoms. The molecule has 0 saturated carbocycles. The maximum Gasteiger partial charge on any atom is 0.242 e. The summed E-state index contributed by atoms with van der Waals surface area (Å²) in [5.74, 6) is 0.613. The van der Waals surface area contributed by atoms with Crippen molar-refractivity contribution in [2.75, 3.05) is 6.61 Å². The quantitative estimate of drug-likeness (QED) is 0.619. The lowest BCUT2D eigenvalue weighted by molar-refractivity contribution is 0.297. The zero-order chi connectivity index (χ0) is 6.69. The molecule has 0 unspecified atom stereocenters. The molecule has 1 aromatic rings. The summed E-state index contributed by atoms with van der Waals surface area (Å²) in [6.45, 7) is 0.0610. The number of aromatic amines is 1. The van der Waals surface area contributed by atoms with Crippen molar-refractivity contribution in [2.24, 2.45) is 0 Å². The smallest absolute Gasteiger partial charge is 0.242 e. The van der Waals surface area contributed by atoms with Crippen LogP contribution in [0.2, 0.25) is 5.28 Å². The fourth-order valence-electron chi connectivity index (χ4n) is 0.490. The van der Waals surface area contributed by atoms with E-state index in [-0.39, 0.29) is 11.9 Å². The molecule has 0 atom stereocenters. The van der Waals surface area contributed by atoms with Crippen LogP contribution in [0.3, 0.4) is 0 Å². The standard InChI is InChI=1S/C4H6ClN3O/c5-4-6-3(1-2-9)7-8-4/h9H,1-2H2,(H,6,7,8). The van der Waals surface area contributed by atoms with Crippen molar-refractivity contribution < 1.29 is 5.11 Å². The molecular formula is C4H6ClN3O. The molecule has 0 saturated heterocycles. The highest BCUT2D eigenvalue weighted by molar-refractivity contribution is 6.28. The fourth-order valence-corrected chi connectivity index (χ4v) is 0.634. The van der Waals surface area contributed by atoms with E-state index in [4.69, 9.17) is 16.7 Å². The van der Waals surface area contributed by atoms with Crippen molar-refractivity contribution in [3.8, 4) is 0 Å². The predicted octanol–water partition coefficient (Wildman–Crippen LogP) is -0.00710. The van der Waals surface area contributed by atoms with E-state index in [2.05, 4.69) is 15.2 Å². The first kappa shape index (κ1) is 6.51. The van der Waals surface area contributed by atoms with Crippen molar-refractivity contribution in [3.05, 3.63) is 11.1 Å². The van der Waals surface area contributed by atoms with Crippen LogP contribution in [0.15, 0.2) is 0 Å². The molecule has 0 radical (unpaired) electrons. The summed E-state index contributed by atoms with van der Waals surface area (Å²) in [4.78, 5) is 3.74. The molecule has 9 heavy (non-hydrogen) atoms. The molecule has 5 heteroatoms. The molecule has 2 N–H and O–H groups in total. The minimum Gasteiger partial charge on any atom is -0.396 e. The van der Waals surface area contributed by atoms with E-state index >= 15 is 0 Å². The van der Waals surface area contributed by atoms with Crippen molar-refractivity contribution in [2.45, 2.75) is 6.42 Å². The van der Waals surface area contributed by atoms with E-state index < -0.39 is 0 Å². The summed E-state index contributed by atoms with van der Waals surface area (Å²) in [6, 6.07) is 0. The van der Waals surface area contributed by atoms with Gasteiger partial charge >= 0.3 is 0 Å². The Labute approximate surface area is 56.9 Å². The van der Waals surface area contributed by atoms with Gasteiger partial charge in [0.15, 0.2) is 0 Å². The molecular weight excluding hydrogens is 142 g/mol. The molecule has 0 amide bonds. The Kier molecular flexibility index (Phi) is 2.02. The molecule has 0 aliphatic heterocycles. The second-order valence-electron chi connectivity index (χ2n) is 1.52. The van der Waals surface area contributed by atoms with E-state index in [1.54, 1.807) is 0 Å². The van der Waals surface area contributed by atoms with Crippen LogP contribution >= 0.6 is 11.6 Å². The number of aliphatic hydroxyl groups excluding tert-OH is 1. The summed E-state index contributed by atoms with van der Waals surface area (Å²) in [5, 5.41) is 14.7. The molecule has 1 aromatic heterocycles. The zero-order valence-corrected chi connectivity index (χ0v) is 5.39. The van der Waals surface area contributed by atoms with Gasteiger partial charge in [0.1, 0.15) is 5.82 Å². The van der Waals surface area contributed by atoms with E-state index in [9.17, 15) is 0 Å². The molecule has 0 aromatic carbocycles. The van der Waals surface area contributed by atoms with Crippen LogP contribution in [0.4, 0.5) is 0 Å². The Morgan fingerprint density at radius 1 is 1.67 bits per heavy atom. The first-order valence-corrected chi connectivity index (χ1v) is 2.88. The van der Waals surface area contributed by atoms with Crippen molar-refractivity contribution in [3.63, 3.8) is 0 Å². The highest BCUT2D eigenvalue weighted by Crippen LogP contribution is 1.98. The van der Waals surface area contributed by atoms with E-state index in [0.717, 1.165) is 0 Å². The van der Waals surface area contributed by atoms with E-state index in [1.807, 2.05) is 0 Å². The number of aliphatic hydroxyl groups is 1. The second-order valence-corrected chi connectivity index (χ2v) is 1.86. The van der Waals surface area contributed by atoms with Gasteiger partial charge in [-0.25, -0.2) is 4.98 Å². The molecule has 50 valence electrons. The van der Waals surface area contributed by atoms with Gasteiger partial charge in [0.25, 0.3) is 0 Å². The second kappa shape index (κ2) is 2.80. The number of H-pyrrole nitrogens is 1. The number of halogens is 1. The summed E-state index contributed by atoms with van der Waals surface area (Å²) in [5.41, 5.74) is 0. The van der Waals surface area contributed by atoms with Gasteiger partial charge in [-0.15, -0.1) is 5.10 Å². The molecule has 0 aliphatic carbocycles. The number of rotatable bonds is 2. The van der Waals surface area contributed by atoms with Gasteiger partial charge in [-0.3, -0.25) is 5.10 Å². The molecule has 4 nitrogen and oxygen atoms in total. The van der Waals surface area contributed by atoms with Gasteiger partial charge in [-0.2, -0.15) is 0 Å². The number of hydrogen-bond donors (Lipinski definition) is 2. The summed E-state index contributed by atoms with van der Waals surface area (Å²) in [6.07, 6.45) is 0.472. The van der Waals surface area contributed by atoms with Gasteiger partial charge < -0.3 is 5.11 Å². The maximum absolute atomic E-state index is 8.40. The number of nitrogens with zero attached hydrogens (tertiary/aromatic N) is 2. The van der Waals surface area contributed by atoms with Crippen LogP contribution in [0.25, 0.3) is 0 Å². The third-order valence-electron chi connectivity index (χ3n) is 0.853. The Bertz CT molecular complexity index is 188. The third kappa shape index (κ3) is 1.65. The fraction of sp³-hybridized carbons (Fsp3) is 0.500. The van der Waals surface area contributed by atoms with Crippen LogP contribution in [0, 0.1) is 0 Å². The Balaban J connectivity index is 2.61. The average Bonchev–Trinajstić information content (AvgIpc) is 2.17. The van der Waals surface area contributed by atoms with Crippen LogP contribution in [-0.4, -0.2) is 26.9 Å². The Morgan fingerprint density at radius 2 is 2.44 bits per heavy atom. The first-order chi connectivity index (χ1) is 4.33. The minimum absolute atomic E-state index is 0.0610. The van der Waals surface area contributed by atoms with Gasteiger partial charge in [-0.1, -0.05) is 0 Å². The van der Waals surface area contributed by atoms with Gasteiger partial charge in [-0.05, 0) is 11.6 Å². The maximum atomic E-state index is 8.40. The van der Waals surface area contributed by atoms with E-state index in [1.165, 1.54) is 0 Å². The number of hydrogen-bond acceptors (Lipinski definition) is 3. The van der Waals surface area contributed by atoms with Gasteiger partial charge in [0, 0.05) is 6.42 Å². The molecule has 0 aliphatic rings. The van der Waals surface area contributed by atoms with Crippen LogP contribution in [0.5, 0.6) is 0 Å². The van der Waals surface area contributed by atoms with Crippen molar-refractivity contribution in [1.82, 2.24) is 15.2 Å². The minimum atomic E-state index is 0.0610. The van der Waals surface area contributed by atoms with Crippen LogP contribution in [-0.2, 0) is 6.42 Å². The predicted molar refractivity (Wildman–Crippen MR) is 32.2 cm³/mol. The molecule has 1 heterocycles. The normalized spacial score (nSPS) is 10.0. The lowest BCUT2D eigenvalue weighted by Crippen LogP contribution is -1.92. The molecule has 1 rings (SSSR count). The largest absolute Gasteiger partial charge is 0.396 e. The highest BCUT2D eigenvalue weighted by atomic mass is 35.5. The summed E-state index contributed by atoms with van der Waals surface area (Å²) < 4.78 is 0. The summed E-state index contributed by atoms with van der Waals surface area (Å²) >= 11 is 5.36. The highest BCUT2D eigenvalue weighted by Gasteiger charge is 1.96. The Morgan fingerprint density at radius 3 is 2.89 bits per heavy atom. The van der Waals surface area contributed by atoms with E-state index in [0.29, 0.717) is 12.2 Å². The summed E-state index contributed by atoms with van der Waals surface area (Å²) in [7, 11) is 0. The first-order valence-electron chi connectivity index (χ1n) is 2.50. The zero-order valence-electron chi connectivity index (χ0n) is 4.63. The topological polar surface area (TPSA) is 61.8 Å². The Hall–Kier alpha value is -0.610. The lowest BCUT2D eigenvalue weighted by Gasteiger charge is -1.84. The van der Waals surface area contributed by atoms with Crippen LogP contribution in [0.1, 0.15) is 5.82 Å². The van der Waals surface area contributed by atoms with Crippen molar-refractivity contribution >= 4 is 11.6 Å². The monoisotopic (exact) mass is 147 g/mol. The average molecular weight is 148 g/mol. The number of nitrogens with one attached hydrogen (secondary N) is 1. The lowest BCUT2D eigenvalue weighted by atomic mass is 10.4.